The average Bonchev–Trinajstić information content (AvgIpc) is 2.34. The fourth-order valence-corrected chi connectivity index (χ4v) is 1.90. The summed E-state index contributed by atoms with van der Waals surface area (Å²) < 4.78 is 6.78. The highest BCUT2D eigenvalue weighted by Gasteiger charge is 2.03. The fraction of sp³-hybridized carbons (Fsp3) is 0.643. The van der Waals surface area contributed by atoms with Crippen LogP contribution in [0.4, 0.5) is 0 Å². The van der Waals surface area contributed by atoms with Gasteiger partial charge in [0.15, 0.2) is 0 Å². The molecule has 0 aliphatic heterocycles. The first-order valence-corrected chi connectivity index (χ1v) is 7.23. The Morgan fingerprint density at radius 3 is 2.76 bits per heavy atom. The lowest BCUT2D eigenvalue weighted by Gasteiger charge is -2.12. The van der Waals surface area contributed by atoms with Gasteiger partial charge in [-0.1, -0.05) is 32.6 Å². The molecule has 0 aliphatic carbocycles. The maximum absolute atomic E-state index is 5.77. The highest BCUT2D eigenvalue weighted by atomic mass is 79.9. The second-order valence-electron chi connectivity index (χ2n) is 4.44. The van der Waals surface area contributed by atoms with E-state index in [2.05, 4.69) is 34.8 Å². The highest BCUT2D eigenvalue weighted by Crippen LogP contribution is 2.11. The van der Waals surface area contributed by atoms with Crippen molar-refractivity contribution in [2.24, 2.45) is 0 Å². The van der Waals surface area contributed by atoms with Gasteiger partial charge in [0.2, 0.25) is 0 Å². The maximum Gasteiger partial charge on any atom is 0.0891 e. The average molecular weight is 300 g/mol. The van der Waals surface area contributed by atoms with Crippen LogP contribution in [-0.4, -0.2) is 11.1 Å². The van der Waals surface area contributed by atoms with Crippen LogP contribution in [0.2, 0.25) is 0 Å². The summed E-state index contributed by atoms with van der Waals surface area (Å²) in [6.07, 6.45) is 8.50. The monoisotopic (exact) mass is 299 g/mol. The van der Waals surface area contributed by atoms with Gasteiger partial charge in [0.05, 0.1) is 18.4 Å². The van der Waals surface area contributed by atoms with E-state index in [4.69, 9.17) is 4.74 Å². The number of hydrogen-bond acceptors (Lipinski definition) is 2. The number of nitrogens with zero attached hydrogens (tertiary/aromatic N) is 1. The van der Waals surface area contributed by atoms with E-state index in [1.807, 2.05) is 18.3 Å². The Labute approximate surface area is 113 Å². The number of halogens is 1. The normalized spacial score (nSPS) is 12.6. The predicted octanol–water partition coefficient (Wildman–Crippen LogP) is 4.72. The minimum absolute atomic E-state index is 0.331. The Balaban J connectivity index is 2.14. The van der Waals surface area contributed by atoms with Crippen LogP contribution in [0.15, 0.2) is 22.8 Å². The summed E-state index contributed by atoms with van der Waals surface area (Å²) in [4.78, 5) is 4.29. The summed E-state index contributed by atoms with van der Waals surface area (Å²) >= 11 is 3.37. The van der Waals surface area contributed by atoms with Gasteiger partial charge >= 0.3 is 0 Å². The Kier molecular flexibility index (Phi) is 7.45. The molecule has 17 heavy (non-hydrogen) atoms. The van der Waals surface area contributed by atoms with Crippen molar-refractivity contribution in [3.05, 3.63) is 28.5 Å². The van der Waals surface area contributed by atoms with E-state index in [1.54, 1.807) is 0 Å². The maximum atomic E-state index is 5.77. The van der Waals surface area contributed by atoms with E-state index in [9.17, 15) is 0 Å². The van der Waals surface area contributed by atoms with Gasteiger partial charge in [-0.15, -0.1) is 0 Å². The molecule has 0 saturated heterocycles. The zero-order chi connectivity index (χ0) is 12.5. The summed E-state index contributed by atoms with van der Waals surface area (Å²) in [5.74, 6) is 0. The van der Waals surface area contributed by atoms with Gasteiger partial charge in [0.1, 0.15) is 0 Å². The molecule has 1 unspecified atom stereocenters. The van der Waals surface area contributed by atoms with Crippen LogP contribution in [0.25, 0.3) is 0 Å². The first-order valence-electron chi connectivity index (χ1n) is 6.44. The van der Waals surface area contributed by atoms with Crippen LogP contribution in [0.3, 0.4) is 0 Å². The highest BCUT2D eigenvalue weighted by molar-refractivity contribution is 9.10. The van der Waals surface area contributed by atoms with Gasteiger partial charge in [-0.05, 0) is 41.4 Å². The first-order chi connectivity index (χ1) is 8.22. The lowest BCUT2D eigenvalue weighted by atomic mass is 10.1. The molecule has 0 spiro atoms. The van der Waals surface area contributed by atoms with Crippen molar-refractivity contribution in [3.63, 3.8) is 0 Å². The Morgan fingerprint density at radius 2 is 2.12 bits per heavy atom. The van der Waals surface area contributed by atoms with Gasteiger partial charge in [0, 0.05) is 10.7 Å². The quantitative estimate of drug-likeness (QED) is 0.648. The van der Waals surface area contributed by atoms with Gasteiger partial charge in [-0.2, -0.15) is 0 Å². The molecule has 0 saturated carbocycles. The Hall–Kier alpha value is -0.410. The molecule has 0 N–H and O–H groups in total. The molecule has 0 aliphatic rings. The molecular weight excluding hydrogens is 278 g/mol. The molecule has 0 amide bonds. The third kappa shape index (κ3) is 6.79. The molecule has 1 heterocycles. The largest absolute Gasteiger partial charge is 0.372 e. The van der Waals surface area contributed by atoms with Crippen molar-refractivity contribution >= 4 is 15.9 Å². The third-order valence-electron chi connectivity index (χ3n) is 2.77. The third-order valence-corrected chi connectivity index (χ3v) is 3.24. The summed E-state index contributed by atoms with van der Waals surface area (Å²) in [6.45, 7) is 4.99. The lowest BCUT2D eigenvalue weighted by molar-refractivity contribution is 0.0440. The summed E-state index contributed by atoms with van der Waals surface area (Å²) in [7, 11) is 0. The van der Waals surface area contributed by atoms with E-state index < -0.39 is 0 Å². The van der Waals surface area contributed by atoms with Crippen LogP contribution >= 0.6 is 15.9 Å². The molecule has 0 fully saturated rings. The van der Waals surface area contributed by atoms with Gasteiger partial charge in [0.25, 0.3) is 0 Å². The predicted molar refractivity (Wildman–Crippen MR) is 74.9 cm³/mol. The van der Waals surface area contributed by atoms with Crippen LogP contribution < -0.4 is 0 Å². The SMILES string of the molecule is CCCCCCC(C)OCc1ccc(Br)cn1. The molecular formula is C14H22BrNO. The van der Waals surface area contributed by atoms with E-state index in [0.29, 0.717) is 12.7 Å². The molecule has 2 nitrogen and oxygen atoms in total. The minimum atomic E-state index is 0.331. The lowest BCUT2D eigenvalue weighted by Crippen LogP contribution is -2.08. The van der Waals surface area contributed by atoms with E-state index in [-0.39, 0.29) is 0 Å². The number of rotatable bonds is 8. The van der Waals surface area contributed by atoms with Crippen molar-refractivity contribution in [3.8, 4) is 0 Å². The topological polar surface area (TPSA) is 22.1 Å². The molecule has 0 bridgehead atoms. The zero-order valence-electron chi connectivity index (χ0n) is 10.8. The molecule has 1 aromatic heterocycles. The zero-order valence-corrected chi connectivity index (χ0v) is 12.4. The molecule has 96 valence electrons. The number of ether oxygens (including phenoxy) is 1. The standard InChI is InChI=1S/C14H22BrNO/c1-3-4-5-6-7-12(2)17-11-14-9-8-13(15)10-16-14/h8-10,12H,3-7,11H2,1-2H3. The second kappa shape index (κ2) is 8.65. The minimum Gasteiger partial charge on any atom is -0.372 e. The molecule has 1 rings (SSSR count). The van der Waals surface area contributed by atoms with E-state index in [0.717, 1.165) is 16.6 Å². The van der Waals surface area contributed by atoms with E-state index >= 15 is 0 Å². The molecule has 0 aromatic carbocycles. The molecule has 3 heteroatoms. The van der Waals surface area contributed by atoms with Crippen molar-refractivity contribution in [1.29, 1.82) is 0 Å². The van der Waals surface area contributed by atoms with Gasteiger partial charge in [-0.25, -0.2) is 0 Å². The second-order valence-corrected chi connectivity index (χ2v) is 5.35. The number of pyridine rings is 1. The molecule has 0 radical (unpaired) electrons. The number of aromatic nitrogens is 1. The van der Waals surface area contributed by atoms with Gasteiger partial charge in [-0.3, -0.25) is 4.98 Å². The molecule has 1 aromatic rings. The van der Waals surface area contributed by atoms with Gasteiger partial charge < -0.3 is 4.74 Å². The first kappa shape index (κ1) is 14.7. The number of unbranched alkanes of at least 4 members (excludes halogenated alkanes) is 3. The molecule has 1 atom stereocenters. The summed E-state index contributed by atoms with van der Waals surface area (Å²) in [5, 5.41) is 0. The van der Waals surface area contributed by atoms with Crippen LogP contribution in [0.5, 0.6) is 0 Å². The van der Waals surface area contributed by atoms with Crippen molar-refractivity contribution in [2.75, 3.05) is 0 Å². The van der Waals surface area contributed by atoms with Crippen LogP contribution in [-0.2, 0) is 11.3 Å². The van der Waals surface area contributed by atoms with Crippen molar-refractivity contribution in [1.82, 2.24) is 4.98 Å². The van der Waals surface area contributed by atoms with E-state index in [1.165, 1.54) is 25.7 Å². The fourth-order valence-electron chi connectivity index (χ4n) is 1.66. The van der Waals surface area contributed by atoms with Crippen molar-refractivity contribution in [2.45, 2.75) is 58.7 Å². The van der Waals surface area contributed by atoms with Crippen LogP contribution in [0, 0.1) is 0 Å². The van der Waals surface area contributed by atoms with Crippen LogP contribution in [0.1, 0.15) is 51.6 Å². The Bertz CT molecular complexity index is 300. The smallest absolute Gasteiger partial charge is 0.0891 e. The summed E-state index contributed by atoms with van der Waals surface area (Å²) in [5.41, 5.74) is 0.994. The van der Waals surface area contributed by atoms with Crippen molar-refractivity contribution < 1.29 is 4.74 Å². The summed E-state index contributed by atoms with van der Waals surface area (Å²) in [6, 6.07) is 3.99. The number of hydrogen-bond donors (Lipinski definition) is 0. The Morgan fingerprint density at radius 1 is 1.29 bits per heavy atom.